The molecule has 0 saturated heterocycles. The molecule has 0 aromatic heterocycles. The second-order valence-electron chi connectivity index (χ2n) is 5.17. The minimum Gasteiger partial charge on any atom is -0.356 e. The Balaban J connectivity index is 1.66. The van der Waals surface area contributed by atoms with E-state index in [1.165, 1.54) is 19.3 Å². The summed E-state index contributed by atoms with van der Waals surface area (Å²) in [5.41, 5.74) is 5.84. The first-order valence-corrected chi connectivity index (χ1v) is 6.29. The summed E-state index contributed by atoms with van der Waals surface area (Å²) in [6.07, 6.45) is 8.05. The number of amides is 1. The van der Waals surface area contributed by atoms with Gasteiger partial charge in [0.15, 0.2) is 0 Å². The van der Waals surface area contributed by atoms with E-state index in [9.17, 15) is 4.79 Å². The number of hydrogen-bond donors (Lipinski definition) is 2. The first-order valence-electron chi connectivity index (χ1n) is 6.29. The van der Waals surface area contributed by atoms with Crippen LogP contribution in [0.2, 0.25) is 0 Å². The fraction of sp³-hybridized carbons (Fsp3) is 0.917. The third-order valence-electron chi connectivity index (χ3n) is 3.87. The molecule has 2 fully saturated rings. The van der Waals surface area contributed by atoms with Crippen LogP contribution in [0.25, 0.3) is 0 Å². The lowest BCUT2D eigenvalue weighted by Crippen LogP contribution is -2.33. The normalized spacial score (nSPS) is 32.1. The second-order valence-corrected chi connectivity index (χ2v) is 5.17. The highest BCUT2D eigenvalue weighted by Crippen LogP contribution is 2.26. The highest BCUT2D eigenvalue weighted by atomic mass is 16.1. The van der Waals surface area contributed by atoms with Gasteiger partial charge in [-0.2, -0.15) is 0 Å². The van der Waals surface area contributed by atoms with Crippen molar-refractivity contribution in [1.82, 2.24) is 5.32 Å². The molecule has 2 aliphatic rings. The first-order chi connectivity index (χ1) is 7.25. The van der Waals surface area contributed by atoms with Crippen LogP contribution in [0.1, 0.15) is 44.9 Å². The van der Waals surface area contributed by atoms with E-state index in [1.54, 1.807) is 0 Å². The van der Waals surface area contributed by atoms with Crippen molar-refractivity contribution in [3.8, 4) is 0 Å². The predicted molar refractivity (Wildman–Crippen MR) is 60.3 cm³/mol. The van der Waals surface area contributed by atoms with E-state index in [0.717, 1.165) is 32.2 Å². The zero-order valence-corrected chi connectivity index (χ0v) is 9.37. The van der Waals surface area contributed by atoms with Gasteiger partial charge in [-0.1, -0.05) is 12.8 Å². The largest absolute Gasteiger partial charge is 0.356 e. The second kappa shape index (κ2) is 4.97. The van der Waals surface area contributed by atoms with Gasteiger partial charge in [-0.15, -0.1) is 0 Å². The highest BCUT2D eigenvalue weighted by Gasteiger charge is 2.25. The molecular formula is C12H22N2O. The molecule has 2 unspecified atom stereocenters. The van der Waals surface area contributed by atoms with Crippen LogP contribution in [0.3, 0.4) is 0 Å². The van der Waals surface area contributed by atoms with Gasteiger partial charge in [0.25, 0.3) is 0 Å². The maximum absolute atomic E-state index is 11.7. The maximum atomic E-state index is 11.7. The Morgan fingerprint density at radius 2 is 1.93 bits per heavy atom. The number of nitrogens with two attached hydrogens (primary N) is 1. The molecular weight excluding hydrogens is 188 g/mol. The smallest absolute Gasteiger partial charge is 0.223 e. The first kappa shape index (κ1) is 10.9. The Morgan fingerprint density at radius 3 is 2.53 bits per heavy atom. The van der Waals surface area contributed by atoms with Gasteiger partial charge in [0.05, 0.1) is 0 Å². The summed E-state index contributed by atoms with van der Waals surface area (Å²) in [6.45, 7) is 0.850. The lowest BCUT2D eigenvalue weighted by atomic mass is 10.1. The summed E-state index contributed by atoms with van der Waals surface area (Å²) in [6, 6.07) is 0.374. The zero-order chi connectivity index (χ0) is 10.7. The molecule has 2 saturated carbocycles. The van der Waals surface area contributed by atoms with Crippen molar-refractivity contribution < 1.29 is 4.79 Å². The average Bonchev–Trinajstić information content (AvgIpc) is 2.84. The molecule has 3 nitrogen and oxygen atoms in total. The Kier molecular flexibility index (Phi) is 3.62. The third-order valence-corrected chi connectivity index (χ3v) is 3.87. The van der Waals surface area contributed by atoms with E-state index in [4.69, 9.17) is 5.73 Å². The molecule has 0 spiro atoms. The van der Waals surface area contributed by atoms with E-state index < -0.39 is 0 Å². The molecule has 3 N–H and O–H groups in total. The van der Waals surface area contributed by atoms with Gasteiger partial charge in [-0.3, -0.25) is 4.79 Å². The molecule has 2 atom stereocenters. The minimum absolute atomic E-state index is 0.285. The molecule has 0 radical (unpaired) electrons. The van der Waals surface area contributed by atoms with Crippen LogP contribution in [0.4, 0.5) is 0 Å². The number of nitrogens with one attached hydrogen (secondary N) is 1. The van der Waals surface area contributed by atoms with Crippen molar-refractivity contribution in [2.75, 3.05) is 6.54 Å². The summed E-state index contributed by atoms with van der Waals surface area (Å²) in [4.78, 5) is 11.7. The Labute approximate surface area is 91.8 Å². The van der Waals surface area contributed by atoms with Gasteiger partial charge in [0.1, 0.15) is 0 Å². The van der Waals surface area contributed by atoms with E-state index in [1.807, 2.05) is 0 Å². The summed E-state index contributed by atoms with van der Waals surface area (Å²) >= 11 is 0. The highest BCUT2D eigenvalue weighted by molar-refractivity contribution is 5.78. The molecule has 0 heterocycles. The summed E-state index contributed by atoms with van der Waals surface area (Å²) in [5.74, 6) is 1.22. The van der Waals surface area contributed by atoms with Crippen LogP contribution >= 0.6 is 0 Å². The molecule has 0 aliphatic heterocycles. The Hall–Kier alpha value is -0.570. The van der Waals surface area contributed by atoms with Crippen LogP contribution in [0, 0.1) is 11.8 Å². The van der Waals surface area contributed by atoms with Gasteiger partial charge < -0.3 is 11.1 Å². The summed E-state index contributed by atoms with van der Waals surface area (Å²) in [7, 11) is 0. The van der Waals surface area contributed by atoms with Gasteiger partial charge in [0, 0.05) is 18.5 Å². The molecule has 1 amide bonds. The van der Waals surface area contributed by atoms with E-state index in [-0.39, 0.29) is 5.91 Å². The quantitative estimate of drug-likeness (QED) is 0.740. The summed E-state index contributed by atoms with van der Waals surface area (Å²) in [5, 5.41) is 3.09. The minimum atomic E-state index is 0.285. The van der Waals surface area contributed by atoms with Crippen LogP contribution in [0.5, 0.6) is 0 Å². The average molecular weight is 210 g/mol. The maximum Gasteiger partial charge on any atom is 0.223 e. The van der Waals surface area contributed by atoms with Crippen molar-refractivity contribution in [3.63, 3.8) is 0 Å². The van der Waals surface area contributed by atoms with Crippen molar-refractivity contribution >= 4 is 5.91 Å². The monoisotopic (exact) mass is 210 g/mol. The number of rotatable bonds is 3. The Bertz CT molecular complexity index is 224. The standard InChI is InChI=1S/C12H22N2O/c13-11-6-5-9(7-11)8-14-12(15)10-3-1-2-4-10/h9-11H,1-8,13H2,(H,14,15). The van der Waals surface area contributed by atoms with Gasteiger partial charge in [-0.05, 0) is 38.0 Å². The molecule has 15 heavy (non-hydrogen) atoms. The van der Waals surface area contributed by atoms with Crippen molar-refractivity contribution in [2.24, 2.45) is 17.6 Å². The predicted octanol–water partition coefficient (Wildman–Crippen LogP) is 1.42. The molecule has 3 heteroatoms. The lowest BCUT2D eigenvalue weighted by molar-refractivity contribution is -0.124. The number of carbonyl (C=O) groups excluding carboxylic acids is 1. The fourth-order valence-corrected chi connectivity index (χ4v) is 2.88. The topological polar surface area (TPSA) is 55.1 Å². The van der Waals surface area contributed by atoms with Crippen molar-refractivity contribution in [1.29, 1.82) is 0 Å². The molecule has 2 rings (SSSR count). The van der Waals surface area contributed by atoms with Gasteiger partial charge in [0.2, 0.25) is 5.91 Å². The van der Waals surface area contributed by atoms with Gasteiger partial charge >= 0.3 is 0 Å². The lowest BCUT2D eigenvalue weighted by Gasteiger charge is -2.14. The van der Waals surface area contributed by atoms with Crippen LogP contribution in [0.15, 0.2) is 0 Å². The Morgan fingerprint density at radius 1 is 1.20 bits per heavy atom. The van der Waals surface area contributed by atoms with E-state index in [2.05, 4.69) is 5.32 Å². The molecule has 0 aromatic carbocycles. The van der Waals surface area contributed by atoms with Crippen molar-refractivity contribution in [2.45, 2.75) is 51.0 Å². The SMILES string of the molecule is NC1CCC(CNC(=O)C2CCCC2)C1. The molecule has 86 valence electrons. The third kappa shape index (κ3) is 2.94. The molecule has 0 bridgehead atoms. The van der Waals surface area contributed by atoms with Crippen LogP contribution < -0.4 is 11.1 Å². The van der Waals surface area contributed by atoms with Crippen molar-refractivity contribution in [3.05, 3.63) is 0 Å². The fourth-order valence-electron chi connectivity index (χ4n) is 2.88. The zero-order valence-electron chi connectivity index (χ0n) is 9.37. The molecule has 0 aromatic rings. The van der Waals surface area contributed by atoms with Crippen LogP contribution in [-0.2, 0) is 4.79 Å². The molecule has 2 aliphatic carbocycles. The number of carbonyl (C=O) groups is 1. The van der Waals surface area contributed by atoms with E-state index >= 15 is 0 Å². The van der Waals surface area contributed by atoms with E-state index in [0.29, 0.717) is 17.9 Å². The summed E-state index contributed by atoms with van der Waals surface area (Å²) < 4.78 is 0. The van der Waals surface area contributed by atoms with Crippen LogP contribution in [-0.4, -0.2) is 18.5 Å². The van der Waals surface area contributed by atoms with Gasteiger partial charge in [-0.25, -0.2) is 0 Å². The number of hydrogen-bond acceptors (Lipinski definition) is 2.